The van der Waals surface area contributed by atoms with Gasteiger partial charge in [0.05, 0.1) is 5.69 Å². The van der Waals surface area contributed by atoms with Crippen LogP contribution in [0.25, 0.3) is 17.2 Å². The monoisotopic (exact) mass is 467 g/mol. The first-order valence-corrected chi connectivity index (χ1v) is 12.3. The smallest absolute Gasteiger partial charge is 0.250 e. The summed E-state index contributed by atoms with van der Waals surface area (Å²) < 4.78 is 5.91. The van der Waals surface area contributed by atoms with Crippen LogP contribution >= 0.6 is 0 Å². The average Bonchev–Trinajstić information content (AvgIpc) is 3.05. The number of nitrogens with two attached hydrogens (primary N) is 1. The molecule has 4 rings (SSSR count). The fraction of sp³-hybridized carbons (Fsp3) is 0.267. The van der Waals surface area contributed by atoms with Crippen molar-refractivity contribution >= 4 is 23.5 Å². The van der Waals surface area contributed by atoms with Crippen LogP contribution < -0.4 is 10.5 Å². The van der Waals surface area contributed by atoms with E-state index in [4.69, 9.17) is 10.5 Å². The van der Waals surface area contributed by atoms with Crippen molar-refractivity contribution < 1.29 is 9.53 Å². The molecule has 5 heteroatoms. The molecule has 1 amide bonds. The summed E-state index contributed by atoms with van der Waals surface area (Å²) in [6, 6.07) is 24.3. The predicted molar refractivity (Wildman–Crippen MR) is 144 cm³/mol. The molecule has 35 heavy (non-hydrogen) atoms. The van der Waals surface area contributed by atoms with E-state index < -0.39 is 0 Å². The summed E-state index contributed by atoms with van der Waals surface area (Å²) in [7, 11) is 0. The van der Waals surface area contributed by atoms with Gasteiger partial charge < -0.3 is 15.4 Å². The van der Waals surface area contributed by atoms with Crippen molar-refractivity contribution in [1.82, 2.24) is 4.90 Å². The molecule has 1 aliphatic heterocycles. The lowest BCUT2D eigenvalue weighted by Gasteiger charge is -2.22. The van der Waals surface area contributed by atoms with Crippen LogP contribution in [0.3, 0.4) is 0 Å². The van der Waals surface area contributed by atoms with Gasteiger partial charge in [0, 0.05) is 30.6 Å². The van der Waals surface area contributed by atoms with Gasteiger partial charge in [-0.3, -0.25) is 4.79 Å². The quantitative estimate of drug-likeness (QED) is 0.398. The Morgan fingerprint density at radius 2 is 1.63 bits per heavy atom. The summed E-state index contributed by atoms with van der Waals surface area (Å²) in [5.74, 6) is 1.33. The first-order chi connectivity index (χ1) is 17.1. The number of carbonyl (C=O) groups is 1. The topological polar surface area (TPSA) is 67.9 Å². The molecule has 0 bridgehead atoms. The van der Waals surface area contributed by atoms with Crippen LogP contribution in [-0.2, 0) is 11.4 Å². The number of amides is 1. The summed E-state index contributed by atoms with van der Waals surface area (Å²) in [6.45, 7) is 6.21. The van der Waals surface area contributed by atoms with Gasteiger partial charge in [0.1, 0.15) is 18.2 Å². The maximum atomic E-state index is 13.2. The molecule has 0 saturated heterocycles. The third kappa shape index (κ3) is 6.18. The molecule has 0 saturated carbocycles. The van der Waals surface area contributed by atoms with Gasteiger partial charge in [0.2, 0.25) is 5.91 Å². The zero-order chi connectivity index (χ0) is 24.6. The first kappa shape index (κ1) is 24.3. The van der Waals surface area contributed by atoms with Crippen molar-refractivity contribution in [3.8, 4) is 16.9 Å². The summed E-state index contributed by atoms with van der Waals surface area (Å²) in [5, 5.41) is 0. The van der Waals surface area contributed by atoms with E-state index in [1.165, 1.54) is 0 Å². The minimum atomic E-state index is 0.0508. The van der Waals surface area contributed by atoms with Crippen molar-refractivity contribution in [3.05, 3.63) is 89.5 Å². The second-order valence-electron chi connectivity index (χ2n) is 8.81. The fourth-order valence-electron chi connectivity index (χ4n) is 4.25. The van der Waals surface area contributed by atoms with Crippen LogP contribution in [0.1, 0.15) is 44.2 Å². The molecule has 0 unspecified atom stereocenters. The molecule has 5 nitrogen and oxygen atoms in total. The highest BCUT2D eigenvalue weighted by Crippen LogP contribution is 2.32. The van der Waals surface area contributed by atoms with Crippen LogP contribution in [0.4, 0.5) is 5.69 Å². The fourth-order valence-corrected chi connectivity index (χ4v) is 4.25. The Morgan fingerprint density at radius 3 is 2.31 bits per heavy atom. The Kier molecular flexibility index (Phi) is 7.99. The number of hydrogen-bond donors (Lipinski definition) is 1. The second-order valence-corrected chi connectivity index (χ2v) is 8.81. The minimum absolute atomic E-state index is 0.0508. The van der Waals surface area contributed by atoms with E-state index in [1.807, 2.05) is 65.6 Å². The maximum Gasteiger partial charge on any atom is 0.250 e. The van der Waals surface area contributed by atoms with E-state index >= 15 is 0 Å². The third-order valence-electron chi connectivity index (χ3n) is 5.98. The number of aliphatic imine (C=N–C) groups is 1. The summed E-state index contributed by atoms with van der Waals surface area (Å²) in [5.41, 5.74) is 11.9. The van der Waals surface area contributed by atoms with Crippen molar-refractivity contribution in [1.29, 1.82) is 0 Å². The molecule has 3 aromatic rings. The number of nitrogens with zero attached hydrogens (tertiary/aromatic N) is 2. The standard InChI is InChI=1S/C30H33N3O2/c1-3-16-33(17-4-2)30(34)26-18-25-11-10-24(19-28(25)32-29(31)20-26)23-12-14-27(15-13-23)35-21-22-8-6-5-7-9-22/h5-15,18-19H,3-4,16-17,20-21H2,1-2H3,(H2,31,32). The van der Waals surface area contributed by atoms with Crippen LogP contribution in [0.5, 0.6) is 5.75 Å². The van der Waals surface area contributed by atoms with E-state index in [0.717, 1.165) is 59.6 Å². The molecular formula is C30H33N3O2. The number of amidine groups is 1. The van der Waals surface area contributed by atoms with Gasteiger partial charge >= 0.3 is 0 Å². The van der Waals surface area contributed by atoms with E-state index in [-0.39, 0.29) is 5.91 Å². The molecule has 0 radical (unpaired) electrons. The van der Waals surface area contributed by atoms with Gasteiger partial charge in [-0.2, -0.15) is 0 Å². The Labute approximate surface area is 207 Å². The predicted octanol–water partition coefficient (Wildman–Crippen LogP) is 6.36. The molecule has 0 aromatic heterocycles. The highest BCUT2D eigenvalue weighted by Gasteiger charge is 2.21. The van der Waals surface area contributed by atoms with Crippen molar-refractivity contribution in [2.24, 2.45) is 10.7 Å². The molecule has 1 heterocycles. The van der Waals surface area contributed by atoms with Crippen molar-refractivity contribution in [2.75, 3.05) is 13.1 Å². The van der Waals surface area contributed by atoms with Gasteiger partial charge in [-0.25, -0.2) is 4.99 Å². The number of benzene rings is 3. The zero-order valence-electron chi connectivity index (χ0n) is 20.5. The largest absolute Gasteiger partial charge is 0.489 e. The normalized spacial score (nSPS) is 12.7. The van der Waals surface area contributed by atoms with Crippen molar-refractivity contribution in [3.63, 3.8) is 0 Å². The second kappa shape index (κ2) is 11.5. The summed E-state index contributed by atoms with van der Waals surface area (Å²) in [4.78, 5) is 19.7. The average molecular weight is 468 g/mol. The Morgan fingerprint density at radius 1 is 0.943 bits per heavy atom. The van der Waals surface area contributed by atoms with Crippen molar-refractivity contribution in [2.45, 2.75) is 39.7 Å². The molecule has 1 aliphatic rings. The first-order valence-electron chi connectivity index (χ1n) is 12.3. The number of hydrogen-bond acceptors (Lipinski definition) is 4. The van der Waals surface area contributed by atoms with E-state index in [0.29, 0.717) is 24.4 Å². The highest BCUT2D eigenvalue weighted by molar-refractivity contribution is 6.05. The van der Waals surface area contributed by atoms with E-state index in [1.54, 1.807) is 0 Å². The zero-order valence-corrected chi connectivity index (χ0v) is 20.5. The molecule has 0 aliphatic carbocycles. The van der Waals surface area contributed by atoms with Gasteiger partial charge in [0.15, 0.2) is 0 Å². The van der Waals surface area contributed by atoms with Crippen LogP contribution in [-0.4, -0.2) is 29.7 Å². The lowest BCUT2D eigenvalue weighted by Crippen LogP contribution is -2.34. The molecule has 3 aromatic carbocycles. The highest BCUT2D eigenvalue weighted by atomic mass is 16.5. The van der Waals surface area contributed by atoms with Gasteiger partial charge in [-0.1, -0.05) is 68.4 Å². The van der Waals surface area contributed by atoms with Gasteiger partial charge in [0.25, 0.3) is 0 Å². The van der Waals surface area contributed by atoms with Gasteiger partial charge in [-0.15, -0.1) is 0 Å². The number of ether oxygens (including phenoxy) is 1. The molecule has 2 N–H and O–H groups in total. The van der Waals surface area contributed by atoms with Gasteiger partial charge in [-0.05, 0) is 53.8 Å². The Bertz CT molecular complexity index is 1210. The molecule has 180 valence electrons. The lowest BCUT2D eigenvalue weighted by atomic mass is 10.0. The molecule has 0 atom stereocenters. The molecule has 0 spiro atoms. The van der Waals surface area contributed by atoms with Crippen LogP contribution in [0, 0.1) is 0 Å². The van der Waals surface area contributed by atoms with Crippen LogP contribution in [0.2, 0.25) is 0 Å². The maximum absolute atomic E-state index is 13.2. The van der Waals surface area contributed by atoms with E-state index in [9.17, 15) is 4.79 Å². The van der Waals surface area contributed by atoms with E-state index in [2.05, 4.69) is 37.0 Å². The Balaban J connectivity index is 1.53. The third-order valence-corrected chi connectivity index (χ3v) is 5.98. The molecular weight excluding hydrogens is 434 g/mol. The number of carbonyl (C=O) groups excluding carboxylic acids is 1. The lowest BCUT2D eigenvalue weighted by molar-refractivity contribution is -0.127. The van der Waals surface area contributed by atoms with Crippen LogP contribution in [0.15, 0.2) is 83.4 Å². The minimum Gasteiger partial charge on any atom is -0.489 e. The Hall–Kier alpha value is -3.86. The summed E-state index contributed by atoms with van der Waals surface area (Å²) in [6.07, 6.45) is 4.17. The summed E-state index contributed by atoms with van der Waals surface area (Å²) >= 11 is 0. The molecule has 0 fully saturated rings. The SMILES string of the molecule is CCCN(CCC)C(=O)C1=Cc2ccc(-c3ccc(OCc4ccccc4)cc3)cc2N=C(N)C1. The number of fused-ring (bicyclic) bond motifs is 1. The number of rotatable bonds is 9.